The molecule has 6 nitrogen and oxygen atoms in total. The maximum Gasteiger partial charge on any atom is 0.339 e. The third kappa shape index (κ3) is 3.58. The maximum atomic E-state index is 11.3. The van der Waals surface area contributed by atoms with Gasteiger partial charge in [-0.15, -0.1) is 0 Å². The molecule has 0 unspecified atom stereocenters. The molecule has 1 aromatic heterocycles. The van der Waals surface area contributed by atoms with Crippen molar-refractivity contribution >= 4 is 23.8 Å². The third-order valence-electron chi connectivity index (χ3n) is 2.06. The highest BCUT2D eigenvalue weighted by Crippen LogP contribution is 2.13. The SMILES string of the molecule is CCOC(=O)C=Cc1cc(C(=O)OC)cnc1N. The van der Waals surface area contributed by atoms with E-state index in [1.165, 1.54) is 31.5 Å². The van der Waals surface area contributed by atoms with Gasteiger partial charge in [0.1, 0.15) is 5.82 Å². The largest absolute Gasteiger partial charge is 0.465 e. The van der Waals surface area contributed by atoms with Gasteiger partial charge in [-0.3, -0.25) is 0 Å². The van der Waals surface area contributed by atoms with Gasteiger partial charge in [-0.2, -0.15) is 0 Å². The average molecular weight is 250 g/mol. The molecule has 0 aliphatic rings. The van der Waals surface area contributed by atoms with E-state index in [1.807, 2.05) is 0 Å². The maximum absolute atomic E-state index is 11.3. The van der Waals surface area contributed by atoms with Crippen molar-refractivity contribution in [3.05, 3.63) is 29.5 Å². The van der Waals surface area contributed by atoms with E-state index in [9.17, 15) is 9.59 Å². The second kappa shape index (κ2) is 6.39. The number of aromatic nitrogens is 1. The van der Waals surface area contributed by atoms with E-state index in [0.717, 1.165) is 0 Å². The van der Waals surface area contributed by atoms with E-state index in [1.54, 1.807) is 6.92 Å². The number of methoxy groups -OCH3 is 1. The fourth-order valence-electron chi connectivity index (χ4n) is 1.20. The highest BCUT2D eigenvalue weighted by Gasteiger charge is 2.08. The van der Waals surface area contributed by atoms with Gasteiger partial charge in [0.05, 0.1) is 19.3 Å². The first kappa shape index (κ1) is 13.7. The van der Waals surface area contributed by atoms with Crippen molar-refractivity contribution in [2.24, 2.45) is 0 Å². The molecule has 0 bridgehead atoms. The topological polar surface area (TPSA) is 91.5 Å². The summed E-state index contributed by atoms with van der Waals surface area (Å²) in [5.41, 5.74) is 6.33. The Labute approximate surface area is 104 Å². The van der Waals surface area contributed by atoms with Crippen LogP contribution in [0.4, 0.5) is 5.82 Å². The minimum Gasteiger partial charge on any atom is -0.465 e. The van der Waals surface area contributed by atoms with Gasteiger partial charge in [-0.25, -0.2) is 14.6 Å². The summed E-state index contributed by atoms with van der Waals surface area (Å²) in [6.07, 6.45) is 3.97. The second-order valence-electron chi connectivity index (χ2n) is 3.28. The molecule has 1 heterocycles. The zero-order valence-corrected chi connectivity index (χ0v) is 10.2. The van der Waals surface area contributed by atoms with E-state index < -0.39 is 11.9 Å². The Balaban J connectivity index is 2.94. The van der Waals surface area contributed by atoms with Gasteiger partial charge >= 0.3 is 11.9 Å². The standard InChI is InChI=1S/C12H14N2O4/c1-3-18-10(15)5-4-8-6-9(12(16)17-2)7-14-11(8)13/h4-7H,3H2,1-2H3,(H2,13,14). The third-order valence-corrected chi connectivity index (χ3v) is 2.06. The summed E-state index contributed by atoms with van der Waals surface area (Å²) in [6.45, 7) is 2.00. The van der Waals surface area contributed by atoms with E-state index >= 15 is 0 Å². The molecule has 0 aliphatic heterocycles. The molecule has 0 radical (unpaired) electrons. The molecule has 0 aliphatic carbocycles. The summed E-state index contributed by atoms with van der Waals surface area (Å²) in [5.74, 6) is -0.795. The summed E-state index contributed by atoms with van der Waals surface area (Å²) < 4.78 is 9.28. The predicted molar refractivity (Wildman–Crippen MR) is 65.7 cm³/mol. The van der Waals surface area contributed by atoms with Gasteiger partial charge in [0.15, 0.2) is 0 Å². The van der Waals surface area contributed by atoms with Gasteiger partial charge in [-0.1, -0.05) is 0 Å². The number of rotatable bonds is 4. The summed E-state index contributed by atoms with van der Waals surface area (Å²) in [6, 6.07) is 1.49. The number of hydrogen-bond donors (Lipinski definition) is 1. The Kier molecular flexibility index (Phi) is 4.86. The number of anilines is 1. The molecular weight excluding hydrogens is 236 g/mol. The van der Waals surface area contributed by atoms with Crippen molar-refractivity contribution in [1.82, 2.24) is 4.98 Å². The fraction of sp³-hybridized carbons (Fsp3) is 0.250. The monoisotopic (exact) mass is 250 g/mol. The Morgan fingerprint density at radius 1 is 1.50 bits per heavy atom. The van der Waals surface area contributed by atoms with Crippen LogP contribution in [0.15, 0.2) is 18.3 Å². The van der Waals surface area contributed by atoms with Crippen LogP contribution >= 0.6 is 0 Å². The Hall–Kier alpha value is -2.37. The minimum atomic E-state index is -0.520. The summed E-state index contributed by atoms with van der Waals surface area (Å²) in [7, 11) is 1.27. The molecule has 1 rings (SSSR count). The van der Waals surface area contributed by atoms with Gasteiger partial charge in [-0.05, 0) is 19.1 Å². The molecule has 0 atom stereocenters. The molecule has 0 saturated carbocycles. The number of esters is 2. The normalized spacial score (nSPS) is 10.3. The number of carbonyl (C=O) groups is 2. The number of hydrogen-bond acceptors (Lipinski definition) is 6. The van der Waals surface area contributed by atoms with E-state index in [2.05, 4.69) is 9.72 Å². The Morgan fingerprint density at radius 3 is 2.83 bits per heavy atom. The smallest absolute Gasteiger partial charge is 0.339 e. The highest BCUT2D eigenvalue weighted by molar-refractivity contribution is 5.92. The van der Waals surface area contributed by atoms with Crippen molar-refractivity contribution in [2.75, 3.05) is 19.5 Å². The lowest BCUT2D eigenvalue weighted by Gasteiger charge is -2.03. The van der Waals surface area contributed by atoms with Crippen LogP contribution in [0.1, 0.15) is 22.8 Å². The quantitative estimate of drug-likeness (QED) is 0.633. The molecule has 0 aromatic carbocycles. The van der Waals surface area contributed by atoms with Gasteiger partial charge in [0.25, 0.3) is 0 Å². The van der Waals surface area contributed by atoms with Crippen LogP contribution < -0.4 is 5.73 Å². The number of nitrogen functional groups attached to an aromatic ring is 1. The number of nitrogens with zero attached hydrogens (tertiary/aromatic N) is 1. The van der Waals surface area contributed by atoms with E-state index in [4.69, 9.17) is 10.5 Å². The average Bonchev–Trinajstić information content (AvgIpc) is 2.37. The van der Waals surface area contributed by atoms with E-state index in [0.29, 0.717) is 12.2 Å². The lowest BCUT2D eigenvalue weighted by Crippen LogP contribution is -2.04. The number of pyridine rings is 1. The van der Waals surface area contributed by atoms with Gasteiger partial charge in [0.2, 0.25) is 0 Å². The van der Waals surface area contributed by atoms with Crippen LogP contribution in [-0.4, -0.2) is 30.6 Å². The van der Waals surface area contributed by atoms with Crippen LogP contribution in [0.3, 0.4) is 0 Å². The Morgan fingerprint density at radius 2 is 2.22 bits per heavy atom. The highest BCUT2D eigenvalue weighted by atomic mass is 16.5. The molecule has 0 fully saturated rings. The first-order chi connectivity index (χ1) is 8.58. The van der Waals surface area contributed by atoms with Crippen molar-refractivity contribution in [2.45, 2.75) is 6.92 Å². The zero-order valence-electron chi connectivity index (χ0n) is 10.2. The van der Waals surface area contributed by atoms with Crippen molar-refractivity contribution in [3.8, 4) is 0 Å². The molecule has 0 spiro atoms. The zero-order chi connectivity index (χ0) is 13.5. The minimum absolute atomic E-state index is 0.211. The molecule has 1 aromatic rings. The molecule has 18 heavy (non-hydrogen) atoms. The van der Waals surface area contributed by atoms with E-state index in [-0.39, 0.29) is 11.4 Å². The van der Waals surface area contributed by atoms with Crippen molar-refractivity contribution in [3.63, 3.8) is 0 Å². The van der Waals surface area contributed by atoms with Crippen LogP contribution in [0.2, 0.25) is 0 Å². The van der Waals surface area contributed by atoms with Gasteiger partial charge in [0, 0.05) is 17.8 Å². The number of ether oxygens (including phenoxy) is 2. The summed E-state index contributed by atoms with van der Waals surface area (Å²) in [5, 5.41) is 0. The lowest BCUT2D eigenvalue weighted by atomic mass is 10.1. The second-order valence-corrected chi connectivity index (χ2v) is 3.28. The molecule has 2 N–H and O–H groups in total. The number of carbonyl (C=O) groups excluding carboxylic acids is 2. The molecular formula is C12H14N2O4. The van der Waals surface area contributed by atoms with Crippen molar-refractivity contribution < 1.29 is 19.1 Å². The lowest BCUT2D eigenvalue weighted by molar-refractivity contribution is -0.137. The molecule has 0 saturated heterocycles. The van der Waals surface area contributed by atoms with Crippen LogP contribution in [-0.2, 0) is 14.3 Å². The van der Waals surface area contributed by atoms with Crippen LogP contribution in [0.25, 0.3) is 6.08 Å². The summed E-state index contributed by atoms with van der Waals surface area (Å²) >= 11 is 0. The van der Waals surface area contributed by atoms with Crippen LogP contribution in [0.5, 0.6) is 0 Å². The van der Waals surface area contributed by atoms with Crippen molar-refractivity contribution in [1.29, 1.82) is 0 Å². The predicted octanol–water partition coefficient (Wildman–Crippen LogP) is 1.03. The molecule has 96 valence electrons. The summed E-state index contributed by atoms with van der Waals surface area (Å²) in [4.78, 5) is 26.3. The Bertz CT molecular complexity index is 483. The first-order valence-electron chi connectivity index (χ1n) is 5.27. The molecule has 0 amide bonds. The van der Waals surface area contributed by atoms with Gasteiger partial charge < -0.3 is 15.2 Å². The fourth-order valence-corrected chi connectivity index (χ4v) is 1.20. The first-order valence-corrected chi connectivity index (χ1v) is 5.27. The number of nitrogens with two attached hydrogens (primary N) is 1. The van der Waals surface area contributed by atoms with Crippen LogP contribution in [0, 0.1) is 0 Å². The molecule has 6 heteroatoms.